The Morgan fingerprint density at radius 1 is 1.64 bits per heavy atom. The summed E-state index contributed by atoms with van der Waals surface area (Å²) >= 11 is 6.67. The normalized spacial score (nSPS) is 20.5. The number of halogens is 1. The number of carbonyl (C=O) groups is 2. The zero-order valence-corrected chi connectivity index (χ0v) is 14.4. The fourth-order valence-corrected chi connectivity index (χ4v) is 3.84. The number of hydrogen-bond donors (Lipinski definition) is 3. The molecule has 1 aliphatic rings. The number of nitrogens with zero attached hydrogens (tertiary/aromatic N) is 3. The Morgan fingerprint density at radius 2 is 2.28 bits per heavy atom. The van der Waals surface area contributed by atoms with Gasteiger partial charge in [0.1, 0.15) is 18.8 Å². The van der Waals surface area contributed by atoms with Gasteiger partial charge >= 0.3 is 39.9 Å². The number of alkyl halides is 1. The van der Waals surface area contributed by atoms with Crippen molar-refractivity contribution in [3.8, 4) is 0 Å². The summed E-state index contributed by atoms with van der Waals surface area (Å²) < 4.78 is 31.4. The molecule has 1 aromatic heterocycles. The van der Waals surface area contributed by atoms with Crippen LogP contribution in [-0.4, -0.2) is 94.4 Å². The summed E-state index contributed by atoms with van der Waals surface area (Å²) in [6, 6.07) is -2.36. The Hall–Kier alpha value is -0.960. The fraction of sp³-hybridized carbons (Fsp3) is 0.400. The molecule has 4 N–H and O–H groups in total. The van der Waals surface area contributed by atoms with Gasteiger partial charge in [0.25, 0.3) is 11.8 Å². The number of oxime groups is 1. The molecule has 2 unspecified atom stereocenters. The van der Waals surface area contributed by atoms with Crippen LogP contribution in [0.4, 0.5) is 5.13 Å². The van der Waals surface area contributed by atoms with Gasteiger partial charge < -0.3 is 15.9 Å². The first kappa shape index (κ1) is 22.1. The number of β-lactam (4-membered cyclic amide) rings is 1. The van der Waals surface area contributed by atoms with E-state index in [-0.39, 0.29) is 56.3 Å². The molecule has 134 valence electrons. The van der Waals surface area contributed by atoms with Crippen molar-refractivity contribution in [2.45, 2.75) is 12.1 Å². The molecule has 25 heavy (non-hydrogen) atoms. The summed E-state index contributed by atoms with van der Waals surface area (Å²) in [4.78, 5) is 32.6. The van der Waals surface area contributed by atoms with Crippen molar-refractivity contribution in [1.82, 2.24) is 14.6 Å². The van der Waals surface area contributed by atoms with E-state index in [0.29, 0.717) is 0 Å². The maximum absolute atomic E-state index is 12.3. The molecule has 15 heteroatoms. The second kappa shape index (κ2) is 8.62. The van der Waals surface area contributed by atoms with E-state index in [1.54, 1.807) is 0 Å². The van der Waals surface area contributed by atoms with Crippen LogP contribution in [0.2, 0.25) is 0 Å². The minimum atomic E-state index is -4.76. The number of carbonyl (C=O) groups excluding carboxylic acids is 2. The van der Waals surface area contributed by atoms with Crippen LogP contribution in [0.3, 0.4) is 0 Å². The molecular formula is C10H13ClN5NaO6S2. The summed E-state index contributed by atoms with van der Waals surface area (Å²) in [7, 11) is -3.55. The van der Waals surface area contributed by atoms with Gasteiger partial charge in [0.2, 0.25) is 0 Å². The molecule has 0 aromatic carbocycles. The molecule has 1 saturated heterocycles. The third-order valence-electron chi connectivity index (χ3n) is 3.02. The summed E-state index contributed by atoms with van der Waals surface area (Å²) in [5.41, 5.74) is 5.36. The summed E-state index contributed by atoms with van der Waals surface area (Å²) in [5.74, 6) is -2.19. The predicted molar refractivity (Wildman–Crippen MR) is 92.1 cm³/mol. The number of rotatable bonds is 6. The van der Waals surface area contributed by atoms with Gasteiger partial charge in [-0.1, -0.05) is 5.16 Å². The number of nitrogens with one attached hydrogen (secondary N) is 1. The van der Waals surface area contributed by atoms with Crippen LogP contribution in [0.5, 0.6) is 0 Å². The topological polar surface area (TPSA) is 164 Å². The van der Waals surface area contributed by atoms with E-state index in [4.69, 9.17) is 21.9 Å². The van der Waals surface area contributed by atoms with Crippen LogP contribution < -0.4 is 11.1 Å². The molecule has 2 rings (SSSR count). The van der Waals surface area contributed by atoms with Crippen molar-refractivity contribution in [3.63, 3.8) is 0 Å². The molecule has 2 amide bonds. The summed E-state index contributed by atoms with van der Waals surface area (Å²) in [5, 5.41) is 7.46. The molecule has 2 heterocycles. The molecule has 1 fully saturated rings. The second-order valence-corrected chi connectivity index (χ2v) is 6.97. The van der Waals surface area contributed by atoms with Crippen molar-refractivity contribution in [2.24, 2.45) is 5.16 Å². The third kappa shape index (κ3) is 4.61. The average molecular weight is 422 g/mol. The number of anilines is 1. The summed E-state index contributed by atoms with van der Waals surface area (Å²) in [6.07, 6.45) is 0. The predicted octanol–water partition coefficient (Wildman–Crippen LogP) is -1.84. The van der Waals surface area contributed by atoms with Gasteiger partial charge in [-0.05, 0) is 0 Å². The molecule has 2 atom stereocenters. The first-order valence-corrected chi connectivity index (χ1v) is 9.01. The van der Waals surface area contributed by atoms with Crippen molar-refractivity contribution in [2.75, 3.05) is 18.7 Å². The Bertz CT molecular complexity index is 799. The number of thiazole rings is 1. The fourth-order valence-electron chi connectivity index (χ4n) is 2.01. The first-order valence-electron chi connectivity index (χ1n) is 6.20. The van der Waals surface area contributed by atoms with Crippen LogP contribution in [0, 0.1) is 0 Å². The quantitative estimate of drug-likeness (QED) is 0.120. The van der Waals surface area contributed by atoms with Crippen LogP contribution >= 0.6 is 22.9 Å². The molecule has 0 radical (unpaired) electrons. The number of nitrogen functional groups attached to an aromatic ring is 1. The summed E-state index contributed by atoms with van der Waals surface area (Å²) in [6.45, 7) is 0. The molecule has 1 aliphatic heterocycles. The third-order valence-corrected chi connectivity index (χ3v) is 4.96. The van der Waals surface area contributed by atoms with Crippen molar-refractivity contribution in [3.05, 3.63) is 11.1 Å². The Morgan fingerprint density at radius 3 is 2.72 bits per heavy atom. The first-order chi connectivity index (χ1) is 11.2. The van der Waals surface area contributed by atoms with Crippen LogP contribution in [0.15, 0.2) is 10.5 Å². The van der Waals surface area contributed by atoms with Gasteiger partial charge in [-0.2, -0.15) is 8.42 Å². The van der Waals surface area contributed by atoms with E-state index >= 15 is 0 Å². The van der Waals surface area contributed by atoms with E-state index in [9.17, 15) is 18.0 Å². The van der Waals surface area contributed by atoms with Gasteiger partial charge in [-0.3, -0.25) is 14.1 Å². The Balaban J connectivity index is 0.00000312. The van der Waals surface area contributed by atoms with Gasteiger partial charge in [-0.25, -0.2) is 9.29 Å². The van der Waals surface area contributed by atoms with Crippen molar-refractivity contribution >= 4 is 85.5 Å². The number of nitrogens with two attached hydrogens (primary N) is 1. The van der Waals surface area contributed by atoms with Crippen LogP contribution in [0.25, 0.3) is 0 Å². The second-order valence-electron chi connectivity index (χ2n) is 4.48. The van der Waals surface area contributed by atoms with Gasteiger partial charge in [0.15, 0.2) is 10.8 Å². The molecule has 1 aromatic rings. The molecule has 0 aliphatic carbocycles. The molecular weight excluding hydrogens is 409 g/mol. The van der Waals surface area contributed by atoms with Crippen molar-refractivity contribution < 1.29 is 27.4 Å². The van der Waals surface area contributed by atoms with Crippen LogP contribution in [0.1, 0.15) is 5.69 Å². The minimum absolute atomic E-state index is 0. The molecule has 0 bridgehead atoms. The van der Waals surface area contributed by atoms with Gasteiger partial charge in [-0.15, -0.1) is 22.9 Å². The number of amides is 2. The Labute approximate surface area is 173 Å². The SMILES string of the molecule is CO/N=C(\C(=O)NC1C(=O)N(S(=O)(=O)O)C1CCl)c1csc(N)n1.[NaH]. The van der Waals surface area contributed by atoms with E-state index in [1.165, 1.54) is 12.5 Å². The van der Waals surface area contributed by atoms with Crippen molar-refractivity contribution in [1.29, 1.82) is 0 Å². The molecule has 11 nitrogen and oxygen atoms in total. The number of hydrogen-bond acceptors (Lipinski definition) is 9. The molecule has 0 saturated carbocycles. The van der Waals surface area contributed by atoms with E-state index in [0.717, 1.165) is 11.3 Å². The monoisotopic (exact) mass is 421 g/mol. The van der Waals surface area contributed by atoms with Crippen LogP contribution in [-0.2, 0) is 24.7 Å². The van der Waals surface area contributed by atoms with Gasteiger partial charge in [0.05, 0.1) is 6.04 Å². The Kier molecular flexibility index (Phi) is 7.61. The molecule has 0 spiro atoms. The van der Waals surface area contributed by atoms with E-state index in [2.05, 4.69) is 20.3 Å². The maximum atomic E-state index is 12.3. The average Bonchev–Trinajstić information content (AvgIpc) is 2.91. The van der Waals surface area contributed by atoms with Gasteiger partial charge in [0, 0.05) is 11.3 Å². The standard InChI is InChI=1S/C10H12ClN5O6S2.Na.H/c1-22-15-6(4-3-23-10(12)13-4)8(17)14-7-5(2-11)16(9(7)18)24(19,20)21;;/h3,5,7H,2H2,1H3,(H2,12,13)(H,14,17)(H,19,20,21);;/b15-6-;;. The number of aromatic nitrogens is 1. The van der Waals surface area contributed by atoms with E-state index in [1.807, 2.05) is 0 Å². The zero-order chi connectivity index (χ0) is 18.1. The van der Waals surface area contributed by atoms with E-state index < -0.39 is 34.2 Å². The zero-order valence-electron chi connectivity index (χ0n) is 12.0.